The van der Waals surface area contributed by atoms with Gasteiger partial charge in [0.05, 0.1) is 12.9 Å². The summed E-state index contributed by atoms with van der Waals surface area (Å²) < 4.78 is 14.4. The van der Waals surface area contributed by atoms with Crippen molar-refractivity contribution in [3.63, 3.8) is 0 Å². The average Bonchev–Trinajstić information content (AvgIpc) is 2.81. The molecule has 0 unspecified atom stereocenters. The molecule has 1 heterocycles. The second-order valence-electron chi connectivity index (χ2n) is 3.90. The van der Waals surface area contributed by atoms with Crippen molar-refractivity contribution >= 4 is 18.2 Å². The third-order valence-corrected chi connectivity index (χ3v) is 2.52. The highest BCUT2D eigenvalue weighted by Crippen LogP contribution is 2.06. The third-order valence-electron chi connectivity index (χ3n) is 2.52. The molecule has 0 fully saturated rings. The van der Waals surface area contributed by atoms with Gasteiger partial charge in [-0.1, -0.05) is 12.1 Å². The molecule has 96 valence electrons. The summed E-state index contributed by atoms with van der Waals surface area (Å²) in [6.07, 6.45) is 6.14. The summed E-state index contributed by atoms with van der Waals surface area (Å²) in [4.78, 5) is 15.5. The van der Waals surface area contributed by atoms with Gasteiger partial charge in [-0.3, -0.25) is 4.79 Å². The third kappa shape index (κ3) is 4.30. The van der Waals surface area contributed by atoms with Crippen molar-refractivity contribution in [1.29, 1.82) is 0 Å². The second kappa shape index (κ2) is 6.91. The number of imidazole rings is 1. The summed E-state index contributed by atoms with van der Waals surface area (Å²) in [5.74, 6) is -0.106. The normalized spacial score (nSPS) is 9.83. The van der Waals surface area contributed by atoms with E-state index in [-0.39, 0.29) is 24.0 Å². The molecule has 18 heavy (non-hydrogen) atoms. The van der Waals surface area contributed by atoms with Gasteiger partial charge in [0.25, 0.3) is 0 Å². The van der Waals surface area contributed by atoms with Crippen LogP contribution in [0.4, 0.5) is 4.39 Å². The van der Waals surface area contributed by atoms with Crippen molar-refractivity contribution < 1.29 is 9.18 Å². The molecule has 0 bridgehead atoms. The summed E-state index contributed by atoms with van der Waals surface area (Å²) in [5, 5.41) is 0. The van der Waals surface area contributed by atoms with Crippen molar-refractivity contribution in [1.82, 2.24) is 9.55 Å². The number of carbonyl (C=O) groups is 1. The zero-order chi connectivity index (χ0) is 12.1. The lowest BCUT2D eigenvalue weighted by atomic mass is 10.1. The van der Waals surface area contributed by atoms with E-state index in [1.807, 2.05) is 0 Å². The molecule has 0 radical (unpaired) electrons. The first-order valence-corrected chi connectivity index (χ1v) is 5.46. The number of aryl methyl sites for hydroxylation is 1. The number of hydrogen-bond acceptors (Lipinski definition) is 2. The molecule has 0 atom stereocenters. The summed E-state index contributed by atoms with van der Waals surface area (Å²) in [6.45, 7) is 0.348. The maximum atomic E-state index is 12.7. The van der Waals surface area contributed by atoms with Gasteiger partial charge >= 0.3 is 0 Å². The number of rotatable bonds is 5. The van der Waals surface area contributed by atoms with E-state index in [1.54, 1.807) is 35.4 Å². The van der Waals surface area contributed by atoms with Gasteiger partial charge in [-0.2, -0.15) is 0 Å². The van der Waals surface area contributed by atoms with Crippen LogP contribution in [0.15, 0.2) is 43.0 Å². The molecule has 0 saturated carbocycles. The zero-order valence-corrected chi connectivity index (χ0v) is 10.6. The van der Waals surface area contributed by atoms with Crippen LogP contribution in [0.2, 0.25) is 0 Å². The van der Waals surface area contributed by atoms with E-state index in [0.29, 0.717) is 19.4 Å². The maximum Gasteiger partial charge on any atom is 0.152 e. The number of hydrogen-bond donors (Lipinski definition) is 0. The van der Waals surface area contributed by atoms with E-state index >= 15 is 0 Å². The van der Waals surface area contributed by atoms with Crippen LogP contribution in [0.3, 0.4) is 0 Å². The van der Waals surface area contributed by atoms with Crippen LogP contribution in [0.1, 0.15) is 12.0 Å². The minimum atomic E-state index is -0.251. The van der Waals surface area contributed by atoms with Gasteiger partial charge in [-0.15, -0.1) is 12.4 Å². The molecular weight excluding hydrogens is 255 g/mol. The first kappa shape index (κ1) is 14.4. The van der Waals surface area contributed by atoms with Crippen molar-refractivity contribution in [2.75, 3.05) is 0 Å². The summed E-state index contributed by atoms with van der Waals surface area (Å²) >= 11 is 0. The molecule has 3 nitrogen and oxygen atoms in total. The topological polar surface area (TPSA) is 34.9 Å². The molecule has 0 amide bonds. The predicted octanol–water partition coefficient (Wildman–Crippen LogP) is 2.65. The number of aromatic nitrogens is 2. The number of benzene rings is 1. The van der Waals surface area contributed by atoms with Crippen LogP contribution in [0.5, 0.6) is 0 Å². The number of Topliss-reactive ketones (excluding diaryl/α,β-unsaturated/α-hetero) is 1. The SMILES string of the molecule is Cl.O=C(CCc1ccc(F)cc1)Cn1ccnc1. The molecular formula is C13H14ClFN2O. The van der Waals surface area contributed by atoms with Gasteiger partial charge in [0.15, 0.2) is 5.78 Å². The predicted molar refractivity (Wildman–Crippen MR) is 69.2 cm³/mol. The highest BCUT2D eigenvalue weighted by molar-refractivity contribution is 5.85. The molecule has 0 spiro atoms. The summed E-state index contributed by atoms with van der Waals surface area (Å²) in [5.41, 5.74) is 0.977. The van der Waals surface area contributed by atoms with Gasteiger partial charge in [0.1, 0.15) is 5.82 Å². The fourth-order valence-electron chi connectivity index (χ4n) is 1.60. The Hall–Kier alpha value is -1.68. The van der Waals surface area contributed by atoms with Crippen LogP contribution in [0, 0.1) is 5.82 Å². The van der Waals surface area contributed by atoms with Crippen LogP contribution < -0.4 is 0 Å². The molecule has 0 N–H and O–H groups in total. The van der Waals surface area contributed by atoms with Gasteiger partial charge in [0, 0.05) is 18.8 Å². The molecule has 0 saturated heterocycles. The lowest BCUT2D eigenvalue weighted by Gasteiger charge is -2.02. The molecule has 0 aliphatic rings. The van der Waals surface area contributed by atoms with E-state index < -0.39 is 0 Å². The van der Waals surface area contributed by atoms with Crippen molar-refractivity contribution in [3.05, 3.63) is 54.4 Å². The van der Waals surface area contributed by atoms with E-state index in [0.717, 1.165) is 5.56 Å². The Morgan fingerprint density at radius 2 is 2.00 bits per heavy atom. The van der Waals surface area contributed by atoms with Crippen LogP contribution in [-0.4, -0.2) is 15.3 Å². The lowest BCUT2D eigenvalue weighted by Crippen LogP contribution is -2.09. The molecule has 0 aliphatic carbocycles. The monoisotopic (exact) mass is 268 g/mol. The molecule has 1 aromatic carbocycles. The largest absolute Gasteiger partial charge is 0.330 e. The Morgan fingerprint density at radius 3 is 2.61 bits per heavy atom. The Balaban J connectivity index is 0.00000162. The fraction of sp³-hybridized carbons (Fsp3) is 0.231. The average molecular weight is 269 g/mol. The Morgan fingerprint density at radius 1 is 1.28 bits per heavy atom. The van der Waals surface area contributed by atoms with Gasteiger partial charge in [-0.25, -0.2) is 9.37 Å². The first-order valence-electron chi connectivity index (χ1n) is 5.46. The molecule has 2 rings (SSSR count). The minimum Gasteiger partial charge on any atom is -0.330 e. The Bertz CT molecular complexity index is 482. The first-order chi connectivity index (χ1) is 8.24. The second-order valence-corrected chi connectivity index (χ2v) is 3.90. The summed E-state index contributed by atoms with van der Waals surface area (Å²) in [6, 6.07) is 6.24. The zero-order valence-electron chi connectivity index (χ0n) is 9.75. The molecule has 2 aromatic rings. The van der Waals surface area contributed by atoms with E-state index in [9.17, 15) is 9.18 Å². The van der Waals surface area contributed by atoms with Crippen LogP contribution in [0.25, 0.3) is 0 Å². The van der Waals surface area contributed by atoms with E-state index in [1.165, 1.54) is 12.1 Å². The minimum absolute atomic E-state index is 0. The molecule has 0 aliphatic heterocycles. The van der Waals surface area contributed by atoms with Crippen LogP contribution >= 0.6 is 12.4 Å². The quantitative estimate of drug-likeness (QED) is 0.836. The number of nitrogens with zero attached hydrogens (tertiary/aromatic N) is 2. The van der Waals surface area contributed by atoms with Gasteiger partial charge in [-0.05, 0) is 24.1 Å². The fourth-order valence-corrected chi connectivity index (χ4v) is 1.60. The summed E-state index contributed by atoms with van der Waals surface area (Å²) in [7, 11) is 0. The lowest BCUT2D eigenvalue weighted by molar-refractivity contribution is -0.119. The maximum absolute atomic E-state index is 12.7. The Labute approximate surface area is 111 Å². The number of carbonyl (C=O) groups excluding carboxylic acids is 1. The van der Waals surface area contributed by atoms with Gasteiger partial charge in [0.2, 0.25) is 0 Å². The van der Waals surface area contributed by atoms with Crippen LogP contribution in [-0.2, 0) is 17.8 Å². The van der Waals surface area contributed by atoms with Gasteiger partial charge < -0.3 is 4.57 Å². The Kier molecular flexibility index (Phi) is 5.52. The highest BCUT2D eigenvalue weighted by Gasteiger charge is 2.03. The number of ketones is 1. The standard InChI is InChI=1S/C13H13FN2O.ClH/c14-12-4-1-11(2-5-12)3-6-13(17)9-16-8-7-15-10-16;/h1-2,4-5,7-8,10H,3,6,9H2;1H. The van der Waals surface area contributed by atoms with Crippen molar-refractivity contribution in [2.45, 2.75) is 19.4 Å². The van der Waals surface area contributed by atoms with E-state index in [4.69, 9.17) is 0 Å². The number of halogens is 2. The smallest absolute Gasteiger partial charge is 0.152 e. The van der Waals surface area contributed by atoms with E-state index in [2.05, 4.69) is 4.98 Å². The van der Waals surface area contributed by atoms with Crippen molar-refractivity contribution in [3.8, 4) is 0 Å². The molecule has 1 aromatic heterocycles. The molecule has 5 heteroatoms. The van der Waals surface area contributed by atoms with Crippen molar-refractivity contribution in [2.24, 2.45) is 0 Å². The highest BCUT2D eigenvalue weighted by atomic mass is 35.5.